The topological polar surface area (TPSA) is 90.4 Å². The number of aromatic nitrogens is 2. The maximum atomic E-state index is 13.5. The molecule has 29 heavy (non-hydrogen) atoms. The van der Waals surface area contributed by atoms with E-state index in [2.05, 4.69) is 20.6 Å². The van der Waals surface area contributed by atoms with Crippen LogP contribution in [0.1, 0.15) is 37.5 Å². The molecule has 3 N–H and O–H groups in total. The largest absolute Gasteiger partial charge is 0.369 e. The molecule has 3 heterocycles. The highest BCUT2D eigenvalue weighted by Gasteiger charge is 2.34. The molecule has 1 aliphatic heterocycles. The van der Waals surface area contributed by atoms with Crippen LogP contribution in [-0.4, -0.2) is 40.0 Å². The molecule has 1 amide bonds. The lowest BCUT2D eigenvalue weighted by Gasteiger charge is -2.34. The summed E-state index contributed by atoms with van der Waals surface area (Å²) in [6.45, 7) is 0.461. The standard InChI is InChI=1S/C20H23F2N5O2/c21-20(22)5-9-27(10-6-20)16-4-7-23-12-15(16)25-19(29)14-3-8-24-17(11-14)26-18(28)13-1-2-13/h3-4,7-8,11-13,19,25,29H,1-2,5-6,9-10H2,(H,24,26,28). The average molecular weight is 403 g/mol. The van der Waals surface area contributed by atoms with Gasteiger partial charge in [0.1, 0.15) is 5.82 Å². The normalized spacial score (nSPS) is 19.5. The molecule has 154 valence electrons. The summed E-state index contributed by atoms with van der Waals surface area (Å²) in [6, 6.07) is 4.99. The lowest BCUT2D eigenvalue weighted by Crippen LogP contribution is -2.39. The summed E-state index contributed by atoms with van der Waals surface area (Å²) in [5.74, 6) is -2.26. The number of aliphatic hydroxyl groups excluding tert-OH is 1. The van der Waals surface area contributed by atoms with Gasteiger partial charge in [0, 0.05) is 49.8 Å². The fourth-order valence-corrected chi connectivity index (χ4v) is 3.34. The number of hydrogen-bond acceptors (Lipinski definition) is 6. The maximum Gasteiger partial charge on any atom is 0.251 e. The zero-order valence-corrected chi connectivity index (χ0v) is 15.8. The number of halogens is 2. The Morgan fingerprint density at radius 3 is 2.72 bits per heavy atom. The lowest BCUT2D eigenvalue weighted by atomic mass is 10.1. The predicted molar refractivity (Wildman–Crippen MR) is 105 cm³/mol. The molecule has 2 fully saturated rings. The second-order valence-corrected chi connectivity index (χ2v) is 7.52. The van der Waals surface area contributed by atoms with E-state index in [1.54, 1.807) is 30.6 Å². The molecule has 4 rings (SSSR count). The first kappa shape index (κ1) is 19.5. The minimum absolute atomic E-state index is 0.0541. The molecular weight excluding hydrogens is 380 g/mol. The second kappa shape index (κ2) is 7.90. The minimum Gasteiger partial charge on any atom is -0.369 e. The van der Waals surface area contributed by atoms with Gasteiger partial charge in [0.2, 0.25) is 5.91 Å². The molecule has 2 aliphatic rings. The first-order valence-corrected chi connectivity index (χ1v) is 9.69. The van der Waals surface area contributed by atoms with E-state index in [9.17, 15) is 18.7 Å². The molecule has 0 radical (unpaired) electrons. The summed E-state index contributed by atoms with van der Waals surface area (Å²) in [6.07, 6.45) is 4.96. The highest BCUT2D eigenvalue weighted by Crippen LogP contribution is 2.34. The first-order valence-electron chi connectivity index (χ1n) is 9.69. The van der Waals surface area contributed by atoms with Gasteiger partial charge >= 0.3 is 0 Å². The monoisotopic (exact) mass is 403 g/mol. The second-order valence-electron chi connectivity index (χ2n) is 7.52. The third-order valence-corrected chi connectivity index (χ3v) is 5.23. The molecule has 2 aromatic rings. The molecular formula is C20H23F2N5O2. The number of carbonyl (C=O) groups excluding carboxylic acids is 1. The number of alkyl halides is 2. The van der Waals surface area contributed by atoms with Crippen LogP contribution in [0.15, 0.2) is 36.8 Å². The molecule has 2 aromatic heterocycles. The van der Waals surface area contributed by atoms with Gasteiger partial charge in [-0.3, -0.25) is 9.78 Å². The van der Waals surface area contributed by atoms with Gasteiger partial charge in [-0.1, -0.05) is 0 Å². The van der Waals surface area contributed by atoms with E-state index < -0.39 is 12.2 Å². The maximum absolute atomic E-state index is 13.5. The van der Waals surface area contributed by atoms with E-state index in [-0.39, 0.29) is 37.8 Å². The van der Waals surface area contributed by atoms with Crippen molar-refractivity contribution < 1.29 is 18.7 Å². The molecule has 0 spiro atoms. The Hall–Kier alpha value is -2.81. The van der Waals surface area contributed by atoms with Gasteiger partial charge in [-0.2, -0.15) is 0 Å². The van der Waals surface area contributed by atoms with Crippen LogP contribution in [0.3, 0.4) is 0 Å². The molecule has 1 atom stereocenters. The Morgan fingerprint density at radius 1 is 1.24 bits per heavy atom. The van der Waals surface area contributed by atoms with Crippen LogP contribution in [0.2, 0.25) is 0 Å². The van der Waals surface area contributed by atoms with Crippen molar-refractivity contribution in [1.82, 2.24) is 9.97 Å². The SMILES string of the molecule is O=C(Nc1cc(C(O)Nc2cnccc2N2CCC(F)(F)CC2)ccn1)C1CC1. The number of rotatable bonds is 6. The number of hydrogen-bond donors (Lipinski definition) is 3. The number of nitrogens with one attached hydrogen (secondary N) is 2. The first-order chi connectivity index (χ1) is 13.9. The molecule has 0 bridgehead atoms. The molecule has 1 saturated carbocycles. The van der Waals surface area contributed by atoms with Gasteiger partial charge in [-0.05, 0) is 31.0 Å². The van der Waals surface area contributed by atoms with Gasteiger partial charge < -0.3 is 20.6 Å². The fraction of sp³-hybridized carbons (Fsp3) is 0.450. The highest BCUT2D eigenvalue weighted by molar-refractivity contribution is 5.93. The van der Waals surface area contributed by atoms with Crippen molar-refractivity contribution in [2.75, 3.05) is 28.6 Å². The van der Waals surface area contributed by atoms with Crippen LogP contribution in [0, 0.1) is 5.92 Å². The quantitative estimate of drug-likeness (QED) is 0.642. The number of aliphatic hydroxyl groups is 1. The van der Waals surface area contributed by atoms with E-state index in [0.717, 1.165) is 12.8 Å². The summed E-state index contributed by atoms with van der Waals surface area (Å²) in [4.78, 5) is 22.0. The number of piperidine rings is 1. The summed E-state index contributed by atoms with van der Waals surface area (Å²) >= 11 is 0. The van der Waals surface area contributed by atoms with Crippen LogP contribution < -0.4 is 15.5 Å². The van der Waals surface area contributed by atoms with E-state index in [1.165, 1.54) is 6.20 Å². The van der Waals surface area contributed by atoms with Gasteiger partial charge in [0.25, 0.3) is 5.92 Å². The number of amides is 1. The molecule has 1 saturated heterocycles. The Labute approximate surface area is 167 Å². The van der Waals surface area contributed by atoms with Crippen LogP contribution in [0.4, 0.5) is 26.0 Å². The van der Waals surface area contributed by atoms with Gasteiger partial charge in [-0.25, -0.2) is 13.8 Å². The van der Waals surface area contributed by atoms with Crippen molar-refractivity contribution in [2.45, 2.75) is 37.8 Å². The van der Waals surface area contributed by atoms with E-state index in [1.807, 2.05) is 4.90 Å². The Bertz CT molecular complexity index is 881. The summed E-state index contributed by atoms with van der Waals surface area (Å²) < 4.78 is 27.0. The smallest absolute Gasteiger partial charge is 0.251 e. The fourth-order valence-electron chi connectivity index (χ4n) is 3.34. The number of pyridine rings is 2. The van der Waals surface area contributed by atoms with Crippen LogP contribution in [0.25, 0.3) is 0 Å². The van der Waals surface area contributed by atoms with Gasteiger partial charge in [-0.15, -0.1) is 0 Å². The molecule has 1 aliphatic carbocycles. The zero-order chi connectivity index (χ0) is 20.4. The lowest BCUT2D eigenvalue weighted by molar-refractivity contribution is -0.117. The highest BCUT2D eigenvalue weighted by atomic mass is 19.3. The van der Waals surface area contributed by atoms with Crippen molar-refractivity contribution in [3.63, 3.8) is 0 Å². The molecule has 0 aromatic carbocycles. The molecule has 1 unspecified atom stereocenters. The molecule has 7 nitrogen and oxygen atoms in total. The van der Waals surface area contributed by atoms with Gasteiger partial charge in [0.05, 0.1) is 17.6 Å². The summed E-state index contributed by atoms with van der Waals surface area (Å²) in [5, 5.41) is 16.4. The number of anilines is 3. The number of nitrogens with zero attached hydrogens (tertiary/aromatic N) is 3. The Balaban J connectivity index is 1.46. The van der Waals surface area contributed by atoms with Crippen LogP contribution in [-0.2, 0) is 4.79 Å². The summed E-state index contributed by atoms with van der Waals surface area (Å²) in [7, 11) is 0. The summed E-state index contributed by atoms with van der Waals surface area (Å²) in [5.41, 5.74) is 1.78. The van der Waals surface area contributed by atoms with Crippen LogP contribution >= 0.6 is 0 Å². The Morgan fingerprint density at radius 2 is 2.00 bits per heavy atom. The van der Waals surface area contributed by atoms with Crippen molar-refractivity contribution in [3.05, 3.63) is 42.4 Å². The predicted octanol–water partition coefficient (Wildman–Crippen LogP) is 3.16. The Kier molecular flexibility index (Phi) is 5.31. The van der Waals surface area contributed by atoms with Crippen molar-refractivity contribution >= 4 is 23.1 Å². The van der Waals surface area contributed by atoms with Crippen LogP contribution in [0.5, 0.6) is 0 Å². The minimum atomic E-state index is -2.63. The number of carbonyl (C=O) groups is 1. The van der Waals surface area contributed by atoms with E-state index in [0.29, 0.717) is 22.8 Å². The third-order valence-electron chi connectivity index (χ3n) is 5.23. The van der Waals surface area contributed by atoms with Gasteiger partial charge in [0.15, 0.2) is 6.23 Å². The molecule has 9 heteroatoms. The van der Waals surface area contributed by atoms with Crippen molar-refractivity contribution in [1.29, 1.82) is 0 Å². The van der Waals surface area contributed by atoms with Crippen molar-refractivity contribution in [3.8, 4) is 0 Å². The van der Waals surface area contributed by atoms with E-state index in [4.69, 9.17) is 0 Å². The zero-order valence-electron chi connectivity index (χ0n) is 15.8. The van der Waals surface area contributed by atoms with E-state index >= 15 is 0 Å². The third kappa shape index (κ3) is 4.79. The van der Waals surface area contributed by atoms with Crippen molar-refractivity contribution in [2.24, 2.45) is 5.92 Å². The average Bonchev–Trinajstić information content (AvgIpc) is 3.54.